The first kappa shape index (κ1) is 79.0. The summed E-state index contributed by atoms with van der Waals surface area (Å²) in [6, 6.07) is 60.1. The summed E-state index contributed by atoms with van der Waals surface area (Å²) in [5, 5.41) is 40.6. The van der Waals surface area contributed by atoms with Crippen LogP contribution in [0, 0.1) is 45.3 Å². The van der Waals surface area contributed by atoms with E-state index in [0.717, 1.165) is 163 Å². The van der Waals surface area contributed by atoms with Crippen molar-refractivity contribution in [1.82, 2.24) is 0 Å². The molecule has 104 heavy (non-hydrogen) atoms. The lowest BCUT2D eigenvalue weighted by Gasteiger charge is -2.25. The third kappa shape index (κ3) is 24.5. The van der Waals surface area contributed by atoms with Crippen LogP contribution in [0.25, 0.3) is 44.5 Å². The molecule has 0 aliphatic heterocycles. The topological polar surface area (TPSA) is 132 Å². The van der Waals surface area contributed by atoms with Gasteiger partial charge in [0.2, 0.25) is 0 Å². The zero-order valence-corrected chi connectivity index (χ0v) is 63.6. The minimum Gasteiger partial charge on any atom is -0.493 e. The van der Waals surface area contributed by atoms with Gasteiger partial charge in [-0.15, -0.1) is 0 Å². The van der Waals surface area contributed by atoms with Gasteiger partial charge < -0.3 is 18.9 Å². The van der Waals surface area contributed by atoms with Crippen LogP contribution >= 0.6 is 0 Å². The molecule has 0 N–H and O–H groups in total. The number of hydrogen-bond acceptors (Lipinski definition) is 8. The molecular weight excluding hydrogens is 1270 g/mol. The first-order valence-electron chi connectivity index (χ1n) is 40.4. The quantitative estimate of drug-likeness (QED) is 0.0345. The van der Waals surface area contributed by atoms with Crippen molar-refractivity contribution in [3.63, 3.8) is 0 Å². The molecule has 8 nitrogen and oxygen atoms in total. The molecule has 0 amide bonds. The Morgan fingerprint density at radius 3 is 0.519 bits per heavy atom. The van der Waals surface area contributed by atoms with E-state index >= 15 is 0 Å². The second-order valence-corrected chi connectivity index (χ2v) is 29.3. The van der Waals surface area contributed by atoms with Crippen molar-refractivity contribution in [2.75, 3.05) is 26.4 Å². The Labute approximate surface area is 625 Å². The van der Waals surface area contributed by atoms with Crippen molar-refractivity contribution in [3.05, 3.63) is 212 Å². The minimum atomic E-state index is 0.477. The van der Waals surface area contributed by atoms with Gasteiger partial charge in [0, 0.05) is 25.7 Å². The van der Waals surface area contributed by atoms with Crippen molar-refractivity contribution < 1.29 is 18.9 Å². The Morgan fingerprint density at radius 2 is 0.365 bits per heavy atom. The molecule has 1 aliphatic carbocycles. The molecule has 0 radical (unpaired) electrons. The summed E-state index contributed by atoms with van der Waals surface area (Å²) in [6.45, 7) is 11.3. The van der Waals surface area contributed by atoms with Gasteiger partial charge in [0.25, 0.3) is 0 Å². The SMILES string of the molecule is CCCCCCCCCCOc1c2cc(-c3ccc(C#N)cc3)cc1Cc1cc(-c3ccc(C#N)cc3)cc(c1OCCCCCCCCCC)Cc1cc(-c3ccc(C#N)cc3)cc(c1OCCCCCCCCCC)Cc1cc(-c3ccc(C#N)cc3)cc(c1OCCCCCCCCCC)C2. The standard InChI is InChI=1S/C96H116N4O4/c1-5-9-13-17-21-25-29-33-53-101-93-85-57-81(77-45-37-73(69-97)38-46-77)58-86(93)66-88-60-83(79-49-41-75(71-99)42-50-79)62-90(95(88)103-55-35-31-27-23-19-15-11-7-3)68-92-64-84(80-51-43-76(72-100)44-52-80)63-91(96(92)104-56-36-32-28-24-20-16-12-8-4)67-89-61-82(78-47-39-74(70-98)40-48-78)59-87(65-85)94(89)102-54-34-30-26-22-18-14-10-6-2/h37-52,57-64H,5-36,53-56,65-68H2,1-4H3. The van der Waals surface area contributed by atoms with E-state index in [1.165, 1.54) is 154 Å². The lowest BCUT2D eigenvalue weighted by Crippen LogP contribution is -2.11. The van der Waals surface area contributed by atoms with Crippen molar-refractivity contribution in [2.45, 2.75) is 259 Å². The highest BCUT2D eigenvalue weighted by Gasteiger charge is 2.26. The highest BCUT2D eigenvalue weighted by Crippen LogP contribution is 2.45. The Morgan fingerprint density at radius 1 is 0.212 bits per heavy atom. The normalized spacial score (nSPS) is 11.7. The Kier molecular flexibility index (Phi) is 33.9. The van der Waals surface area contributed by atoms with Crippen molar-refractivity contribution in [1.29, 1.82) is 21.0 Å². The number of ether oxygens (including phenoxy) is 4. The van der Waals surface area contributed by atoms with E-state index in [0.29, 0.717) is 74.4 Å². The smallest absolute Gasteiger partial charge is 0.126 e. The monoisotopic (exact) mass is 1390 g/mol. The average molecular weight is 1390 g/mol. The van der Waals surface area contributed by atoms with Crippen LogP contribution in [0.4, 0.5) is 0 Å². The molecule has 9 rings (SSSR count). The highest BCUT2D eigenvalue weighted by atomic mass is 16.5. The molecule has 0 fully saturated rings. The Bertz CT molecular complexity index is 3460. The van der Waals surface area contributed by atoms with Crippen LogP contribution in [0.15, 0.2) is 146 Å². The Hall–Kier alpha value is -9.08. The van der Waals surface area contributed by atoms with Crippen molar-refractivity contribution >= 4 is 0 Å². The maximum absolute atomic E-state index is 10.1. The zero-order valence-electron chi connectivity index (χ0n) is 63.6. The number of benzene rings is 8. The summed E-state index contributed by atoms with van der Waals surface area (Å²) in [4.78, 5) is 0. The first-order valence-corrected chi connectivity index (χ1v) is 40.4. The van der Waals surface area contributed by atoms with Crippen LogP contribution in [0.2, 0.25) is 0 Å². The van der Waals surface area contributed by atoms with Gasteiger partial charge in [-0.3, -0.25) is 0 Å². The molecular formula is C96H116N4O4. The van der Waals surface area contributed by atoms with Crippen LogP contribution < -0.4 is 18.9 Å². The van der Waals surface area contributed by atoms with Gasteiger partial charge in [-0.05, 0) is 212 Å². The van der Waals surface area contributed by atoms with Crippen LogP contribution in [-0.4, -0.2) is 26.4 Å². The van der Waals surface area contributed by atoms with Gasteiger partial charge in [-0.1, -0.05) is 256 Å². The zero-order chi connectivity index (χ0) is 72.8. The molecule has 0 atom stereocenters. The third-order valence-electron chi connectivity index (χ3n) is 20.9. The van der Waals surface area contributed by atoms with E-state index in [-0.39, 0.29) is 0 Å². The number of hydrogen-bond donors (Lipinski definition) is 0. The van der Waals surface area contributed by atoms with Gasteiger partial charge in [-0.25, -0.2) is 0 Å². The fourth-order valence-electron chi connectivity index (χ4n) is 14.9. The molecule has 0 saturated heterocycles. The van der Waals surface area contributed by atoms with Crippen LogP contribution in [0.1, 0.15) is 300 Å². The maximum Gasteiger partial charge on any atom is 0.126 e. The molecule has 0 aromatic heterocycles. The predicted molar refractivity (Wildman–Crippen MR) is 430 cm³/mol. The largest absolute Gasteiger partial charge is 0.493 e. The summed E-state index contributed by atoms with van der Waals surface area (Å²) in [6.07, 6.45) is 39.7. The second kappa shape index (κ2) is 44.5. The highest BCUT2D eigenvalue weighted by molar-refractivity contribution is 5.75. The number of unbranched alkanes of at least 4 members (excludes halogenated alkanes) is 28. The van der Waals surface area contributed by atoms with Gasteiger partial charge in [0.15, 0.2) is 0 Å². The van der Waals surface area contributed by atoms with Gasteiger partial charge in [0.1, 0.15) is 23.0 Å². The van der Waals surface area contributed by atoms with E-state index < -0.39 is 0 Å². The maximum atomic E-state index is 10.1. The second-order valence-electron chi connectivity index (χ2n) is 29.3. The third-order valence-corrected chi connectivity index (χ3v) is 20.9. The summed E-state index contributed by atoms with van der Waals surface area (Å²) < 4.78 is 30.0. The van der Waals surface area contributed by atoms with E-state index in [2.05, 4.69) is 149 Å². The van der Waals surface area contributed by atoms with E-state index in [9.17, 15) is 21.0 Å². The lowest BCUT2D eigenvalue weighted by atomic mass is 9.86. The van der Waals surface area contributed by atoms with Crippen molar-refractivity contribution in [3.8, 4) is 91.8 Å². The van der Waals surface area contributed by atoms with Crippen LogP contribution in [0.3, 0.4) is 0 Å². The predicted octanol–water partition coefficient (Wildman–Crippen LogP) is 26.6. The summed E-state index contributed by atoms with van der Waals surface area (Å²) >= 11 is 0. The number of rotatable bonds is 44. The first-order chi connectivity index (χ1) is 51.3. The molecule has 8 heteroatoms. The van der Waals surface area contributed by atoms with E-state index in [4.69, 9.17) is 18.9 Å². The fourth-order valence-corrected chi connectivity index (χ4v) is 14.9. The molecule has 8 aromatic rings. The van der Waals surface area contributed by atoms with E-state index in [1.54, 1.807) is 0 Å². The molecule has 8 aromatic carbocycles. The summed E-state index contributed by atoms with van der Waals surface area (Å²) in [5.74, 6) is 3.46. The number of nitrogens with zero attached hydrogens (tertiary/aromatic N) is 4. The number of fused-ring (bicyclic) bond motifs is 8. The molecule has 0 unspecified atom stereocenters. The lowest BCUT2D eigenvalue weighted by molar-refractivity contribution is 0.293. The fraction of sp³-hybridized carbons (Fsp3) is 0.458. The molecule has 0 spiro atoms. The molecule has 0 saturated carbocycles. The summed E-state index contributed by atoms with van der Waals surface area (Å²) in [7, 11) is 0. The molecule has 1 aliphatic rings. The molecule has 8 bridgehead atoms. The summed E-state index contributed by atoms with van der Waals surface area (Å²) in [5.41, 5.74) is 18.8. The average Bonchev–Trinajstić information content (AvgIpc) is 0.767. The van der Waals surface area contributed by atoms with Crippen LogP contribution in [0.5, 0.6) is 23.0 Å². The Balaban J connectivity index is 1.32. The van der Waals surface area contributed by atoms with Gasteiger partial charge in [-0.2, -0.15) is 21.0 Å². The van der Waals surface area contributed by atoms with Crippen molar-refractivity contribution in [2.24, 2.45) is 0 Å². The molecule has 0 heterocycles. The van der Waals surface area contributed by atoms with Gasteiger partial charge >= 0.3 is 0 Å². The minimum absolute atomic E-state index is 0.477. The van der Waals surface area contributed by atoms with E-state index in [1.807, 2.05) is 48.5 Å². The number of nitriles is 4. The molecule has 544 valence electrons. The van der Waals surface area contributed by atoms with Gasteiger partial charge in [0.05, 0.1) is 73.0 Å². The van der Waals surface area contributed by atoms with Crippen LogP contribution in [-0.2, 0) is 25.7 Å².